The van der Waals surface area contributed by atoms with Crippen LogP contribution in [0.15, 0.2) is 47.4 Å². The third-order valence-electron chi connectivity index (χ3n) is 6.22. The van der Waals surface area contributed by atoms with E-state index in [-0.39, 0.29) is 42.7 Å². The smallest absolute Gasteiger partial charge is 0.293 e. The summed E-state index contributed by atoms with van der Waals surface area (Å²) in [5.74, 6) is 0.605. The lowest BCUT2D eigenvalue weighted by molar-refractivity contribution is -0.124. The van der Waals surface area contributed by atoms with Gasteiger partial charge in [-0.3, -0.25) is 19.3 Å². The summed E-state index contributed by atoms with van der Waals surface area (Å²) >= 11 is 0.885. The van der Waals surface area contributed by atoms with Gasteiger partial charge in [-0.2, -0.15) is 0 Å². The fourth-order valence-electron chi connectivity index (χ4n) is 4.31. The molecule has 2 aromatic rings. The summed E-state index contributed by atoms with van der Waals surface area (Å²) in [5, 5.41) is 2.50. The maximum Gasteiger partial charge on any atom is 0.293 e. The molecule has 3 amide bonds. The molecule has 2 aromatic carbocycles. The third kappa shape index (κ3) is 5.45. The Bertz CT molecular complexity index is 1170. The summed E-state index contributed by atoms with van der Waals surface area (Å²) in [7, 11) is 3.09. The zero-order valence-corrected chi connectivity index (χ0v) is 20.9. The minimum Gasteiger partial charge on any atom is -0.493 e. The van der Waals surface area contributed by atoms with E-state index in [1.54, 1.807) is 31.4 Å². The third-order valence-corrected chi connectivity index (χ3v) is 7.12. The van der Waals surface area contributed by atoms with Gasteiger partial charge in [-0.15, -0.1) is 0 Å². The molecule has 0 radical (unpaired) electrons. The number of benzene rings is 2. The zero-order chi connectivity index (χ0) is 24.9. The first kappa shape index (κ1) is 24.7. The van der Waals surface area contributed by atoms with E-state index in [0.717, 1.165) is 40.8 Å². The van der Waals surface area contributed by atoms with E-state index < -0.39 is 0 Å². The van der Waals surface area contributed by atoms with Gasteiger partial charge in [0.1, 0.15) is 0 Å². The highest BCUT2D eigenvalue weighted by Crippen LogP contribution is 2.34. The van der Waals surface area contributed by atoms with Gasteiger partial charge in [0.25, 0.3) is 11.1 Å². The van der Waals surface area contributed by atoms with Crippen LogP contribution < -0.4 is 19.7 Å². The van der Waals surface area contributed by atoms with Crippen LogP contribution in [0, 0.1) is 0 Å². The molecule has 2 aliphatic heterocycles. The van der Waals surface area contributed by atoms with Crippen LogP contribution >= 0.6 is 11.8 Å². The van der Waals surface area contributed by atoms with Gasteiger partial charge in [-0.1, -0.05) is 24.3 Å². The van der Waals surface area contributed by atoms with Crippen LogP contribution in [0.1, 0.15) is 24.5 Å². The number of hydrogen-bond donors (Lipinski definition) is 1. The number of nitrogens with zero attached hydrogens (tertiary/aromatic N) is 2. The maximum atomic E-state index is 12.8. The molecule has 184 valence electrons. The number of para-hydroxylation sites is 1. The van der Waals surface area contributed by atoms with Crippen molar-refractivity contribution in [2.45, 2.75) is 25.8 Å². The summed E-state index contributed by atoms with van der Waals surface area (Å²) in [4.78, 5) is 41.5. The number of methoxy groups -OCH3 is 2. The molecule has 35 heavy (non-hydrogen) atoms. The van der Waals surface area contributed by atoms with Gasteiger partial charge in [0, 0.05) is 24.8 Å². The van der Waals surface area contributed by atoms with Gasteiger partial charge in [-0.25, -0.2) is 0 Å². The fourth-order valence-corrected chi connectivity index (χ4v) is 5.17. The van der Waals surface area contributed by atoms with Crippen LogP contribution in [-0.2, 0) is 16.0 Å². The quantitative estimate of drug-likeness (QED) is 0.559. The highest BCUT2D eigenvalue weighted by molar-refractivity contribution is 8.18. The molecule has 2 aliphatic rings. The van der Waals surface area contributed by atoms with Crippen LogP contribution in [0.2, 0.25) is 0 Å². The molecule has 0 saturated carbocycles. The number of carbonyl (C=O) groups is 3. The number of carbonyl (C=O) groups excluding carboxylic acids is 3. The molecular weight excluding hydrogens is 466 g/mol. The zero-order valence-electron chi connectivity index (χ0n) is 20.1. The Hall–Kier alpha value is -3.46. The van der Waals surface area contributed by atoms with Gasteiger partial charge >= 0.3 is 0 Å². The number of anilines is 1. The lowest BCUT2D eigenvalue weighted by Gasteiger charge is -2.36. The van der Waals surface area contributed by atoms with Crippen molar-refractivity contribution >= 4 is 40.6 Å². The molecular formula is C26H29N3O5S. The minimum atomic E-state index is -0.373. The van der Waals surface area contributed by atoms with Crippen molar-refractivity contribution < 1.29 is 23.9 Å². The van der Waals surface area contributed by atoms with Gasteiger partial charge in [-0.05, 0) is 66.9 Å². The van der Waals surface area contributed by atoms with Crippen molar-refractivity contribution in [1.82, 2.24) is 10.2 Å². The Kier molecular flexibility index (Phi) is 7.65. The van der Waals surface area contributed by atoms with E-state index in [9.17, 15) is 14.4 Å². The number of thioether (sulfide) groups is 1. The molecule has 2 heterocycles. The topological polar surface area (TPSA) is 88.2 Å². The van der Waals surface area contributed by atoms with Crippen molar-refractivity contribution in [3.8, 4) is 11.5 Å². The van der Waals surface area contributed by atoms with E-state index >= 15 is 0 Å². The predicted octanol–water partition coefficient (Wildman–Crippen LogP) is 3.70. The van der Waals surface area contributed by atoms with Gasteiger partial charge in [0.05, 0.1) is 25.7 Å². The molecule has 9 heteroatoms. The number of aryl methyl sites for hydroxylation is 1. The monoisotopic (exact) mass is 495 g/mol. The molecule has 0 spiro atoms. The van der Waals surface area contributed by atoms with Gasteiger partial charge < -0.3 is 19.7 Å². The number of rotatable bonds is 8. The van der Waals surface area contributed by atoms with Crippen molar-refractivity contribution in [1.29, 1.82) is 0 Å². The molecule has 1 saturated heterocycles. The lowest BCUT2D eigenvalue weighted by Crippen LogP contribution is -2.46. The van der Waals surface area contributed by atoms with Crippen LogP contribution in [-0.4, -0.2) is 61.8 Å². The molecule has 1 fully saturated rings. The Morgan fingerprint density at radius 1 is 1.14 bits per heavy atom. The molecule has 0 bridgehead atoms. The van der Waals surface area contributed by atoms with E-state index in [2.05, 4.69) is 23.2 Å². The van der Waals surface area contributed by atoms with Crippen LogP contribution in [0.3, 0.4) is 0 Å². The maximum absolute atomic E-state index is 12.8. The summed E-state index contributed by atoms with van der Waals surface area (Å²) in [6.07, 6.45) is 3.65. The molecule has 0 aromatic heterocycles. The van der Waals surface area contributed by atoms with Crippen LogP contribution in [0.4, 0.5) is 10.5 Å². The predicted molar refractivity (Wildman–Crippen MR) is 137 cm³/mol. The Labute approximate surface area is 209 Å². The summed E-state index contributed by atoms with van der Waals surface area (Å²) in [6.45, 7) is 2.67. The Morgan fingerprint density at radius 2 is 1.91 bits per heavy atom. The van der Waals surface area contributed by atoms with E-state index in [0.29, 0.717) is 16.4 Å². The molecule has 0 aliphatic carbocycles. The standard InChI is InChI=1S/C26H29N3O5S/c1-17-8-10-19-6-4-5-7-20(19)29(17)16-24(30)27-12-13-28-25(31)23(35-26(28)32)15-18-9-11-21(33-2)22(14-18)34-3/h4-7,9,11,14-15,17H,8,10,12-13,16H2,1-3H3,(H,27,30)/b23-15+/t17-/m1/s1. The van der Waals surface area contributed by atoms with Crippen LogP contribution in [0.25, 0.3) is 6.08 Å². The minimum absolute atomic E-state index is 0.117. The van der Waals surface area contributed by atoms with Crippen molar-refractivity contribution in [2.75, 3.05) is 38.8 Å². The van der Waals surface area contributed by atoms with Crippen LogP contribution in [0.5, 0.6) is 11.5 Å². The first-order chi connectivity index (χ1) is 16.9. The lowest BCUT2D eigenvalue weighted by atomic mass is 9.97. The SMILES string of the molecule is COc1ccc(/C=C2/SC(=O)N(CCNC(=O)CN3c4ccccc4CC[C@H]3C)C2=O)cc1OC. The second-order valence-electron chi connectivity index (χ2n) is 8.44. The first-order valence-corrected chi connectivity index (χ1v) is 12.3. The van der Waals surface area contributed by atoms with E-state index in [4.69, 9.17) is 9.47 Å². The number of nitrogens with one attached hydrogen (secondary N) is 1. The second-order valence-corrected chi connectivity index (χ2v) is 9.44. The number of imide groups is 1. The van der Waals surface area contributed by atoms with Gasteiger partial charge in [0.15, 0.2) is 11.5 Å². The number of fused-ring (bicyclic) bond motifs is 1. The molecule has 0 unspecified atom stereocenters. The van der Waals surface area contributed by atoms with Crippen molar-refractivity contribution in [3.05, 3.63) is 58.5 Å². The molecule has 1 N–H and O–H groups in total. The van der Waals surface area contributed by atoms with E-state index in [1.165, 1.54) is 12.7 Å². The number of ether oxygens (including phenoxy) is 2. The largest absolute Gasteiger partial charge is 0.493 e. The molecule has 1 atom stereocenters. The van der Waals surface area contributed by atoms with Crippen molar-refractivity contribution in [2.24, 2.45) is 0 Å². The highest BCUT2D eigenvalue weighted by Gasteiger charge is 2.35. The van der Waals surface area contributed by atoms with Gasteiger partial charge in [0.2, 0.25) is 5.91 Å². The molecule has 4 rings (SSSR count). The first-order valence-electron chi connectivity index (χ1n) is 11.5. The number of amides is 3. The Balaban J connectivity index is 1.33. The summed E-state index contributed by atoms with van der Waals surface area (Å²) < 4.78 is 10.5. The van der Waals surface area contributed by atoms with E-state index in [1.807, 2.05) is 18.2 Å². The Morgan fingerprint density at radius 3 is 2.69 bits per heavy atom. The summed E-state index contributed by atoms with van der Waals surface area (Å²) in [6, 6.07) is 13.7. The normalized spacial score (nSPS) is 18.6. The highest BCUT2D eigenvalue weighted by atomic mass is 32.2. The fraction of sp³-hybridized carbons (Fsp3) is 0.346. The second kappa shape index (κ2) is 10.9. The molecule has 8 nitrogen and oxygen atoms in total. The number of hydrogen-bond acceptors (Lipinski definition) is 7. The average molecular weight is 496 g/mol. The summed E-state index contributed by atoms with van der Waals surface area (Å²) in [5.41, 5.74) is 3.06. The average Bonchev–Trinajstić information content (AvgIpc) is 3.13. The van der Waals surface area contributed by atoms with Crippen molar-refractivity contribution in [3.63, 3.8) is 0 Å².